The highest BCUT2D eigenvalue weighted by Gasteiger charge is 2.36. The van der Waals surface area contributed by atoms with E-state index in [0.29, 0.717) is 23.1 Å². The van der Waals surface area contributed by atoms with E-state index in [1.807, 2.05) is 0 Å². The van der Waals surface area contributed by atoms with E-state index >= 15 is 0 Å². The predicted octanol–water partition coefficient (Wildman–Crippen LogP) is 3.70. The van der Waals surface area contributed by atoms with Crippen LogP contribution in [0, 0.1) is 15.9 Å². The third-order valence-corrected chi connectivity index (χ3v) is 5.04. The van der Waals surface area contributed by atoms with Crippen molar-refractivity contribution in [3.63, 3.8) is 0 Å². The van der Waals surface area contributed by atoms with Crippen molar-refractivity contribution in [2.45, 2.75) is 6.54 Å². The van der Waals surface area contributed by atoms with Crippen molar-refractivity contribution in [1.29, 1.82) is 0 Å². The first kappa shape index (κ1) is 18.0. The molecule has 0 aromatic heterocycles. The molecule has 1 fully saturated rings. The molecule has 0 spiro atoms. The molecular weight excluding hydrogens is 391 g/mol. The zero-order valence-corrected chi connectivity index (χ0v) is 14.9. The summed E-state index contributed by atoms with van der Waals surface area (Å²) in [6, 6.07) is 8.04. The molecule has 142 valence electrons. The number of fused-ring (bicyclic) bond motifs is 1. The summed E-state index contributed by atoms with van der Waals surface area (Å²) < 4.78 is 23.4. The molecular formula is C18H11FN2O6S. The summed E-state index contributed by atoms with van der Waals surface area (Å²) in [5.41, 5.74) is 0.440. The van der Waals surface area contributed by atoms with Gasteiger partial charge in [0.15, 0.2) is 11.5 Å². The minimum Gasteiger partial charge on any atom is -0.454 e. The fourth-order valence-electron chi connectivity index (χ4n) is 2.77. The number of imide groups is 1. The first-order valence-electron chi connectivity index (χ1n) is 8.00. The number of hydrogen-bond donors (Lipinski definition) is 0. The van der Waals surface area contributed by atoms with Gasteiger partial charge in [-0.1, -0.05) is 12.1 Å². The number of benzene rings is 2. The second kappa shape index (κ2) is 6.97. The number of thioether (sulfide) groups is 1. The van der Waals surface area contributed by atoms with Crippen LogP contribution in [0.4, 0.5) is 14.9 Å². The van der Waals surface area contributed by atoms with Crippen molar-refractivity contribution in [2.24, 2.45) is 0 Å². The highest BCUT2D eigenvalue weighted by Crippen LogP contribution is 2.41. The lowest BCUT2D eigenvalue weighted by atomic mass is 10.1. The largest absolute Gasteiger partial charge is 0.454 e. The molecule has 2 aromatic carbocycles. The summed E-state index contributed by atoms with van der Waals surface area (Å²) in [6.45, 7) is -0.0738. The molecule has 0 N–H and O–H groups in total. The van der Waals surface area contributed by atoms with Crippen LogP contribution in [-0.2, 0) is 11.3 Å². The summed E-state index contributed by atoms with van der Waals surface area (Å²) in [4.78, 5) is 36.7. The number of nitro benzene ring substituents is 1. The van der Waals surface area contributed by atoms with Gasteiger partial charge < -0.3 is 9.47 Å². The molecule has 2 aliphatic rings. The highest BCUT2D eigenvalue weighted by molar-refractivity contribution is 8.18. The van der Waals surface area contributed by atoms with E-state index in [1.54, 1.807) is 0 Å². The Bertz CT molecular complexity index is 1040. The van der Waals surface area contributed by atoms with E-state index < -0.39 is 21.9 Å². The number of rotatable bonds is 4. The van der Waals surface area contributed by atoms with Crippen LogP contribution in [0.2, 0.25) is 0 Å². The first-order valence-corrected chi connectivity index (χ1v) is 8.82. The zero-order valence-electron chi connectivity index (χ0n) is 14.1. The SMILES string of the molecule is O=C1SC(=Cc2cc3c(cc2[N+](=O)[O-])OCO3)C(=O)N1Cc1ccc(F)cc1. The Hall–Kier alpha value is -3.40. The smallest absolute Gasteiger partial charge is 0.293 e. The Balaban J connectivity index is 1.64. The van der Waals surface area contributed by atoms with Crippen LogP contribution < -0.4 is 9.47 Å². The normalized spacial score (nSPS) is 16.9. The van der Waals surface area contributed by atoms with Gasteiger partial charge >= 0.3 is 0 Å². The second-order valence-corrected chi connectivity index (χ2v) is 6.91. The maximum Gasteiger partial charge on any atom is 0.293 e. The maximum atomic E-state index is 13.0. The third kappa shape index (κ3) is 3.29. The van der Waals surface area contributed by atoms with Gasteiger partial charge in [0.05, 0.1) is 28.0 Å². The van der Waals surface area contributed by atoms with Crippen LogP contribution >= 0.6 is 11.8 Å². The van der Waals surface area contributed by atoms with Crippen LogP contribution in [0.25, 0.3) is 6.08 Å². The van der Waals surface area contributed by atoms with Crippen LogP contribution in [0.15, 0.2) is 41.3 Å². The third-order valence-electron chi connectivity index (χ3n) is 4.13. The molecule has 0 bridgehead atoms. The van der Waals surface area contributed by atoms with Gasteiger partial charge in [0.1, 0.15) is 5.82 Å². The molecule has 2 amide bonds. The van der Waals surface area contributed by atoms with Gasteiger partial charge in [-0.2, -0.15) is 0 Å². The van der Waals surface area contributed by atoms with Crippen molar-refractivity contribution in [3.05, 3.63) is 68.4 Å². The topological polar surface area (TPSA) is 99.0 Å². The molecule has 0 radical (unpaired) electrons. The Morgan fingerprint density at radius 1 is 1.18 bits per heavy atom. The van der Waals surface area contributed by atoms with E-state index in [9.17, 15) is 24.1 Å². The standard InChI is InChI=1S/C18H11FN2O6S/c19-12-3-1-10(2-4-12)8-20-17(22)16(28-18(20)23)6-11-5-14-15(27-9-26-14)7-13(11)21(24)25/h1-7H,8-9H2. The number of halogens is 1. The minimum atomic E-state index is -0.601. The maximum absolute atomic E-state index is 13.0. The van der Waals surface area contributed by atoms with Crippen LogP contribution in [0.3, 0.4) is 0 Å². The van der Waals surface area contributed by atoms with Gasteiger partial charge in [-0.05, 0) is 41.6 Å². The fourth-order valence-corrected chi connectivity index (χ4v) is 3.60. The molecule has 0 saturated carbocycles. The van der Waals surface area contributed by atoms with E-state index in [2.05, 4.69) is 0 Å². The van der Waals surface area contributed by atoms with Crippen LogP contribution in [0.5, 0.6) is 11.5 Å². The lowest BCUT2D eigenvalue weighted by Crippen LogP contribution is -2.27. The lowest BCUT2D eigenvalue weighted by molar-refractivity contribution is -0.385. The molecule has 0 aliphatic carbocycles. The van der Waals surface area contributed by atoms with Gasteiger partial charge in [-0.3, -0.25) is 24.6 Å². The van der Waals surface area contributed by atoms with Gasteiger partial charge in [0.25, 0.3) is 16.8 Å². The molecule has 2 aliphatic heterocycles. The zero-order chi connectivity index (χ0) is 19.8. The van der Waals surface area contributed by atoms with E-state index in [0.717, 1.165) is 4.90 Å². The number of carbonyl (C=O) groups is 2. The van der Waals surface area contributed by atoms with Gasteiger partial charge in [0.2, 0.25) is 6.79 Å². The van der Waals surface area contributed by atoms with Gasteiger partial charge in [0, 0.05) is 0 Å². The summed E-state index contributed by atoms with van der Waals surface area (Å²) in [7, 11) is 0. The summed E-state index contributed by atoms with van der Waals surface area (Å²) >= 11 is 0.683. The minimum absolute atomic E-state index is 0.0223. The molecule has 28 heavy (non-hydrogen) atoms. The fraction of sp³-hybridized carbons (Fsp3) is 0.111. The molecule has 0 atom stereocenters. The van der Waals surface area contributed by atoms with Crippen LogP contribution in [0.1, 0.15) is 11.1 Å². The summed E-state index contributed by atoms with van der Waals surface area (Å²) in [5.74, 6) is -0.435. The second-order valence-electron chi connectivity index (χ2n) is 5.92. The Kier molecular flexibility index (Phi) is 4.47. The molecule has 1 saturated heterocycles. The average molecular weight is 402 g/mol. The summed E-state index contributed by atoms with van der Waals surface area (Å²) in [6.07, 6.45) is 1.29. The van der Waals surface area contributed by atoms with Crippen molar-refractivity contribution in [3.8, 4) is 11.5 Å². The lowest BCUT2D eigenvalue weighted by Gasteiger charge is -2.12. The Labute approximate surface area is 161 Å². The van der Waals surface area contributed by atoms with Crippen LogP contribution in [-0.4, -0.2) is 27.8 Å². The molecule has 2 heterocycles. The first-order chi connectivity index (χ1) is 13.4. The number of hydrogen-bond acceptors (Lipinski definition) is 7. The molecule has 4 rings (SSSR count). The Morgan fingerprint density at radius 3 is 2.54 bits per heavy atom. The number of nitro groups is 1. The number of amides is 2. The molecule has 10 heteroatoms. The Morgan fingerprint density at radius 2 is 1.86 bits per heavy atom. The quantitative estimate of drug-likeness (QED) is 0.437. The number of nitrogens with zero attached hydrogens (tertiary/aromatic N) is 2. The molecule has 8 nitrogen and oxygen atoms in total. The van der Waals surface area contributed by atoms with E-state index in [4.69, 9.17) is 9.47 Å². The monoisotopic (exact) mass is 402 g/mol. The predicted molar refractivity (Wildman–Crippen MR) is 97.1 cm³/mol. The van der Waals surface area contributed by atoms with E-state index in [1.165, 1.54) is 42.5 Å². The van der Waals surface area contributed by atoms with Crippen molar-refractivity contribution >= 4 is 34.7 Å². The highest BCUT2D eigenvalue weighted by atomic mass is 32.2. The number of carbonyl (C=O) groups excluding carboxylic acids is 2. The van der Waals surface area contributed by atoms with E-state index in [-0.39, 0.29) is 35.2 Å². The summed E-state index contributed by atoms with van der Waals surface area (Å²) in [5, 5.41) is 10.8. The molecule has 0 unspecified atom stereocenters. The number of ether oxygens (including phenoxy) is 2. The average Bonchev–Trinajstić information content (AvgIpc) is 3.22. The van der Waals surface area contributed by atoms with Crippen molar-refractivity contribution in [2.75, 3.05) is 6.79 Å². The van der Waals surface area contributed by atoms with Gasteiger partial charge in [-0.25, -0.2) is 4.39 Å². The van der Waals surface area contributed by atoms with Gasteiger partial charge in [-0.15, -0.1) is 0 Å². The molecule has 2 aromatic rings. The van der Waals surface area contributed by atoms with Crippen molar-refractivity contribution in [1.82, 2.24) is 4.90 Å². The van der Waals surface area contributed by atoms with Crippen molar-refractivity contribution < 1.29 is 28.4 Å².